The Morgan fingerprint density at radius 2 is 2.26 bits per heavy atom. The second-order valence-electron chi connectivity index (χ2n) is 4.44. The van der Waals surface area contributed by atoms with Gasteiger partial charge in [0.1, 0.15) is 4.90 Å². The summed E-state index contributed by atoms with van der Waals surface area (Å²) in [5.41, 5.74) is 6.03. The molecule has 1 fully saturated rings. The predicted molar refractivity (Wildman–Crippen MR) is 74.7 cm³/mol. The van der Waals surface area contributed by atoms with E-state index in [1.807, 2.05) is 6.92 Å². The largest absolute Gasteiger partial charge is 0.399 e. The van der Waals surface area contributed by atoms with Crippen LogP contribution in [0.2, 0.25) is 5.02 Å². The molecule has 0 radical (unpaired) electrons. The summed E-state index contributed by atoms with van der Waals surface area (Å²) in [6.07, 6.45) is 0.700. The Labute approximate surface area is 118 Å². The number of benzene rings is 1. The first-order valence-electron chi connectivity index (χ1n) is 6.11. The molecule has 1 aromatic carbocycles. The van der Waals surface area contributed by atoms with Gasteiger partial charge in [0.15, 0.2) is 0 Å². The molecule has 1 aromatic rings. The maximum absolute atomic E-state index is 12.6. The molecular weight excluding hydrogens is 288 g/mol. The number of ether oxygens (including phenoxy) is 1. The van der Waals surface area contributed by atoms with Gasteiger partial charge in [0.25, 0.3) is 0 Å². The van der Waals surface area contributed by atoms with Crippen molar-refractivity contribution in [2.45, 2.75) is 24.3 Å². The first-order chi connectivity index (χ1) is 8.96. The molecule has 5 nitrogen and oxygen atoms in total. The lowest BCUT2D eigenvalue weighted by Gasteiger charge is -2.34. The fourth-order valence-corrected chi connectivity index (χ4v) is 4.33. The van der Waals surface area contributed by atoms with E-state index in [0.29, 0.717) is 31.9 Å². The highest BCUT2D eigenvalue weighted by molar-refractivity contribution is 7.89. The summed E-state index contributed by atoms with van der Waals surface area (Å²) in [6.45, 7) is 3.11. The standard InChI is InChI=1S/C12H17ClN2O3S/c1-2-10-8-18-6-5-15(10)19(16,17)12-4-3-9(14)7-11(12)13/h3-4,7,10H,2,5-6,8,14H2,1H3. The van der Waals surface area contributed by atoms with Gasteiger partial charge in [-0.15, -0.1) is 0 Å². The fourth-order valence-electron chi connectivity index (χ4n) is 2.13. The van der Waals surface area contributed by atoms with E-state index in [0.717, 1.165) is 0 Å². The highest BCUT2D eigenvalue weighted by atomic mass is 35.5. The van der Waals surface area contributed by atoms with E-state index in [9.17, 15) is 8.42 Å². The van der Waals surface area contributed by atoms with Gasteiger partial charge in [-0.1, -0.05) is 18.5 Å². The van der Waals surface area contributed by atoms with Crippen LogP contribution < -0.4 is 5.73 Å². The van der Waals surface area contributed by atoms with Crippen LogP contribution in [0.5, 0.6) is 0 Å². The smallest absolute Gasteiger partial charge is 0.244 e. The maximum Gasteiger partial charge on any atom is 0.244 e. The van der Waals surface area contributed by atoms with E-state index in [2.05, 4.69) is 0 Å². The van der Waals surface area contributed by atoms with Gasteiger partial charge in [-0.3, -0.25) is 0 Å². The molecule has 2 rings (SSSR count). The molecule has 0 aliphatic carbocycles. The SMILES string of the molecule is CCC1COCCN1S(=O)(=O)c1ccc(N)cc1Cl. The van der Waals surface area contributed by atoms with Gasteiger partial charge >= 0.3 is 0 Å². The van der Waals surface area contributed by atoms with Crippen LogP contribution in [0.4, 0.5) is 5.69 Å². The number of morpholine rings is 1. The second-order valence-corrected chi connectivity index (χ2v) is 6.71. The zero-order valence-corrected chi connectivity index (χ0v) is 12.2. The minimum absolute atomic E-state index is 0.101. The molecule has 0 amide bonds. The van der Waals surface area contributed by atoms with E-state index < -0.39 is 10.0 Å². The molecule has 0 aromatic heterocycles. The van der Waals surface area contributed by atoms with Crippen molar-refractivity contribution in [3.05, 3.63) is 23.2 Å². The number of sulfonamides is 1. The lowest BCUT2D eigenvalue weighted by Crippen LogP contribution is -2.48. The summed E-state index contributed by atoms with van der Waals surface area (Å²) < 4.78 is 32.1. The Morgan fingerprint density at radius 3 is 2.89 bits per heavy atom. The molecule has 1 atom stereocenters. The summed E-state index contributed by atoms with van der Waals surface area (Å²) in [4.78, 5) is 0.101. The maximum atomic E-state index is 12.6. The van der Waals surface area contributed by atoms with Crippen molar-refractivity contribution in [2.75, 3.05) is 25.5 Å². The highest BCUT2D eigenvalue weighted by Crippen LogP contribution is 2.29. The third-order valence-electron chi connectivity index (χ3n) is 3.19. The topological polar surface area (TPSA) is 72.6 Å². The van der Waals surface area contributed by atoms with Gasteiger partial charge < -0.3 is 10.5 Å². The molecule has 0 saturated carbocycles. The zero-order chi connectivity index (χ0) is 14.0. The normalized spacial score (nSPS) is 21.5. The molecular formula is C12H17ClN2O3S. The number of hydrogen-bond acceptors (Lipinski definition) is 4. The van der Waals surface area contributed by atoms with Crippen molar-refractivity contribution in [3.8, 4) is 0 Å². The zero-order valence-electron chi connectivity index (χ0n) is 10.7. The summed E-state index contributed by atoms with van der Waals surface area (Å²) >= 11 is 6.01. The highest BCUT2D eigenvalue weighted by Gasteiger charge is 2.34. The summed E-state index contributed by atoms with van der Waals surface area (Å²) in [5, 5.41) is 0.154. The van der Waals surface area contributed by atoms with Gasteiger partial charge in [0.05, 0.1) is 18.2 Å². The predicted octanol–water partition coefficient (Wildman–Crippen LogP) is 1.72. The van der Waals surface area contributed by atoms with Crippen molar-refractivity contribution >= 4 is 27.3 Å². The average molecular weight is 305 g/mol. The van der Waals surface area contributed by atoms with Gasteiger partial charge in [0, 0.05) is 18.3 Å². The molecule has 1 aliphatic heterocycles. The quantitative estimate of drug-likeness (QED) is 0.863. The monoisotopic (exact) mass is 304 g/mol. The molecule has 1 saturated heterocycles. The lowest BCUT2D eigenvalue weighted by molar-refractivity contribution is 0.0314. The van der Waals surface area contributed by atoms with E-state index >= 15 is 0 Å². The van der Waals surface area contributed by atoms with Crippen LogP contribution in [0.15, 0.2) is 23.1 Å². The van der Waals surface area contributed by atoms with Crippen molar-refractivity contribution < 1.29 is 13.2 Å². The Hall–Kier alpha value is -0.820. The minimum Gasteiger partial charge on any atom is -0.399 e. The minimum atomic E-state index is -3.60. The number of nitrogens with zero attached hydrogens (tertiary/aromatic N) is 1. The third kappa shape index (κ3) is 2.86. The van der Waals surface area contributed by atoms with E-state index in [1.165, 1.54) is 16.4 Å². The third-order valence-corrected chi connectivity index (χ3v) is 5.62. The number of halogens is 1. The van der Waals surface area contributed by atoms with Crippen LogP contribution in [0.3, 0.4) is 0 Å². The van der Waals surface area contributed by atoms with Crippen LogP contribution in [-0.2, 0) is 14.8 Å². The van der Waals surface area contributed by atoms with E-state index in [-0.39, 0.29) is 16.0 Å². The number of anilines is 1. The van der Waals surface area contributed by atoms with E-state index in [1.54, 1.807) is 6.07 Å². The molecule has 1 aliphatic rings. The van der Waals surface area contributed by atoms with Crippen molar-refractivity contribution in [2.24, 2.45) is 0 Å². The Balaban J connectivity index is 2.40. The van der Waals surface area contributed by atoms with Crippen LogP contribution in [0.1, 0.15) is 13.3 Å². The average Bonchev–Trinajstić information content (AvgIpc) is 2.38. The Kier molecular flexibility index (Phi) is 4.35. The molecule has 7 heteroatoms. The molecule has 1 unspecified atom stereocenters. The number of nitrogen functional groups attached to an aromatic ring is 1. The summed E-state index contributed by atoms with van der Waals surface area (Å²) in [5.74, 6) is 0. The number of hydrogen-bond donors (Lipinski definition) is 1. The van der Waals surface area contributed by atoms with Crippen LogP contribution in [0, 0.1) is 0 Å². The number of nitrogens with two attached hydrogens (primary N) is 1. The van der Waals surface area contributed by atoms with Crippen LogP contribution in [0.25, 0.3) is 0 Å². The summed E-state index contributed by atoms with van der Waals surface area (Å²) in [6, 6.07) is 4.30. The fraction of sp³-hybridized carbons (Fsp3) is 0.500. The van der Waals surface area contributed by atoms with Gasteiger partial charge in [-0.05, 0) is 24.6 Å². The molecule has 0 bridgehead atoms. The molecule has 106 valence electrons. The Morgan fingerprint density at radius 1 is 1.53 bits per heavy atom. The molecule has 0 spiro atoms. The molecule has 1 heterocycles. The second kappa shape index (κ2) is 5.66. The van der Waals surface area contributed by atoms with Gasteiger partial charge in [-0.25, -0.2) is 8.42 Å². The van der Waals surface area contributed by atoms with Gasteiger partial charge in [0.2, 0.25) is 10.0 Å². The van der Waals surface area contributed by atoms with Crippen LogP contribution in [-0.4, -0.2) is 38.5 Å². The van der Waals surface area contributed by atoms with Crippen molar-refractivity contribution in [1.82, 2.24) is 4.31 Å². The number of rotatable bonds is 3. The van der Waals surface area contributed by atoms with Gasteiger partial charge in [-0.2, -0.15) is 4.31 Å². The molecule has 2 N–H and O–H groups in total. The van der Waals surface area contributed by atoms with Crippen molar-refractivity contribution in [1.29, 1.82) is 0 Å². The summed E-state index contributed by atoms with van der Waals surface area (Å²) in [7, 11) is -3.60. The van der Waals surface area contributed by atoms with E-state index in [4.69, 9.17) is 22.1 Å². The first kappa shape index (κ1) is 14.6. The Bertz CT molecular complexity index is 562. The van der Waals surface area contributed by atoms with Crippen LogP contribution >= 0.6 is 11.6 Å². The molecule has 19 heavy (non-hydrogen) atoms. The van der Waals surface area contributed by atoms with Crippen molar-refractivity contribution in [3.63, 3.8) is 0 Å². The first-order valence-corrected chi connectivity index (χ1v) is 7.93. The lowest BCUT2D eigenvalue weighted by atomic mass is 10.2.